The lowest BCUT2D eigenvalue weighted by Gasteiger charge is -2.24. The Morgan fingerprint density at radius 2 is 2.04 bits per heavy atom. The van der Waals surface area contributed by atoms with Gasteiger partial charge in [0.25, 0.3) is 11.6 Å². The standard InChI is InChI=1S/C16H19ClN4O4.ClH/c17-12-2-1-3-13(21(24)25)15(12)16(23)18-8-14(22)20-7-6-10-4-5-11(9-20)19-10;/h1-3,10-11,19H,4-9H2,(H,18,23);1H. The maximum absolute atomic E-state index is 12.4. The Morgan fingerprint density at radius 3 is 2.77 bits per heavy atom. The summed E-state index contributed by atoms with van der Waals surface area (Å²) in [6.45, 7) is 1.06. The second kappa shape index (κ2) is 8.66. The topological polar surface area (TPSA) is 105 Å². The number of amides is 2. The molecular formula is C16H20Cl2N4O4. The van der Waals surface area contributed by atoms with E-state index >= 15 is 0 Å². The van der Waals surface area contributed by atoms with Crippen LogP contribution in [-0.2, 0) is 4.79 Å². The molecule has 8 nitrogen and oxygen atoms in total. The van der Waals surface area contributed by atoms with Crippen LogP contribution in [0.15, 0.2) is 18.2 Å². The van der Waals surface area contributed by atoms with Crippen LogP contribution in [0.3, 0.4) is 0 Å². The smallest absolute Gasteiger partial charge is 0.283 e. The van der Waals surface area contributed by atoms with Gasteiger partial charge in [0, 0.05) is 31.2 Å². The van der Waals surface area contributed by atoms with Gasteiger partial charge in [-0.3, -0.25) is 19.7 Å². The zero-order valence-corrected chi connectivity index (χ0v) is 15.5. The molecule has 0 radical (unpaired) electrons. The Morgan fingerprint density at radius 1 is 1.31 bits per heavy atom. The largest absolute Gasteiger partial charge is 0.343 e. The van der Waals surface area contributed by atoms with Gasteiger partial charge in [0.1, 0.15) is 5.56 Å². The highest BCUT2D eigenvalue weighted by molar-refractivity contribution is 6.34. The highest BCUT2D eigenvalue weighted by atomic mass is 35.5. The predicted molar refractivity (Wildman–Crippen MR) is 98.8 cm³/mol. The molecule has 2 unspecified atom stereocenters. The summed E-state index contributed by atoms with van der Waals surface area (Å²) in [5, 5.41) is 17.0. The number of likely N-dealkylation sites (tertiary alicyclic amines) is 1. The summed E-state index contributed by atoms with van der Waals surface area (Å²) in [6.07, 6.45) is 3.08. The van der Waals surface area contributed by atoms with Gasteiger partial charge in [0.15, 0.2) is 0 Å². The van der Waals surface area contributed by atoms with E-state index in [0.29, 0.717) is 25.2 Å². The van der Waals surface area contributed by atoms with Crippen LogP contribution in [0.4, 0.5) is 5.69 Å². The summed E-state index contributed by atoms with van der Waals surface area (Å²) in [5.74, 6) is -0.919. The van der Waals surface area contributed by atoms with E-state index in [1.807, 2.05) is 0 Å². The van der Waals surface area contributed by atoms with Crippen molar-refractivity contribution < 1.29 is 14.5 Å². The molecule has 2 bridgehead atoms. The molecule has 0 spiro atoms. The molecule has 1 aromatic rings. The average molecular weight is 403 g/mol. The third kappa shape index (κ3) is 4.44. The van der Waals surface area contributed by atoms with Gasteiger partial charge in [-0.25, -0.2) is 0 Å². The molecular weight excluding hydrogens is 383 g/mol. The van der Waals surface area contributed by atoms with E-state index in [9.17, 15) is 19.7 Å². The first-order valence-electron chi connectivity index (χ1n) is 8.20. The summed E-state index contributed by atoms with van der Waals surface area (Å²) >= 11 is 5.93. The van der Waals surface area contributed by atoms with Gasteiger partial charge in [0.05, 0.1) is 16.5 Å². The van der Waals surface area contributed by atoms with E-state index < -0.39 is 10.8 Å². The Bertz CT molecular complexity index is 715. The molecule has 2 atom stereocenters. The Labute approximate surface area is 161 Å². The number of rotatable bonds is 4. The van der Waals surface area contributed by atoms with Crippen LogP contribution < -0.4 is 10.6 Å². The summed E-state index contributed by atoms with van der Waals surface area (Å²) in [7, 11) is 0. The number of hydrogen-bond acceptors (Lipinski definition) is 5. The predicted octanol–water partition coefficient (Wildman–Crippen LogP) is 1.75. The van der Waals surface area contributed by atoms with Crippen molar-refractivity contribution in [1.29, 1.82) is 0 Å². The molecule has 0 saturated carbocycles. The van der Waals surface area contributed by atoms with Crippen LogP contribution in [0.5, 0.6) is 0 Å². The Hall–Kier alpha value is -1.90. The molecule has 2 aliphatic heterocycles. The van der Waals surface area contributed by atoms with Gasteiger partial charge in [0.2, 0.25) is 5.91 Å². The molecule has 3 rings (SSSR count). The second-order valence-electron chi connectivity index (χ2n) is 6.34. The third-order valence-electron chi connectivity index (χ3n) is 4.69. The fourth-order valence-corrected chi connectivity index (χ4v) is 3.67. The summed E-state index contributed by atoms with van der Waals surface area (Å²) < 4.78 is 0. The highest BCUT2D eigenvalue weighted by Gasteiger charge is 2.31. The average Bonchev–Trinajstić information content (AvgIpc) is 2.90. The fraction of sp³-hybridized carbons (Fsp3) is 0.500. The number of nitrogens with one attached hydrogen (secondary N) is 2. The first-order chi connectivity index (χ1) is 12.0. The van der Waals surface area contributed by atoms with Gasteiger partial charge in [-0.1, -0.05) is 17.7 Å². The van der Waals surface area contributed by atoms with E-state index in [0.717, 1.165) is 19.3 Å². The molecule has 2 amide bonds. The molecule has 0 aliphatic carbocycles. The quantitative estimate of drug-likeness (QED) is 0.589. The van der Waals surface area contributed by atoms with E-state index in [4.69, 9.17) is 11.6 Å². The fourth-order valence-electron chi connectivity index (χ4n) is 3.42. The number of nitro groups is 1. The maximum atomic E-state index is 12.4. The Kier molecular flexibility index (Phi) is 6.80. The van der Waals surface area contributed by atoms with Crippen LogP contribution in [0.25, 0.3) is 0 Å². The van der Waals surface area contributed by atoms with Crippen LogP contribution in [0.1, 0.15) is 29.6 Å². The number of benzene rings is 1. The number of fused-ring (bicyclic) bond motifs is 2. The summed E-state index contributed by atoms with van der Waals surface area (Å²) in [6, 6.07) is 4.78. The van der Waals surface area contributed by atoms with Crippen molar-refractivity contribution >= 4 is 41.5 Å². The summed E-state index contributed by atoms with van der Waals surface area (Å²) in [5.41, 5.74) is -0.604. The maximum Gasteiger partial charge on any atom is 0.283 e. The van der Waals surface area contributed by atoms with Gasteiger partial charge in [-0.2, -0.15) is 0 Å². The minimum atomic E-state index is -0.722. The van der Waals surface area contributed by atoms with Crippen LogP contribution in [0.2, 0.25) is 5.02 Å². The van der Waals surface area contributed by atoms with Gasteiger partial charge < -0.3 is 15.5 Å². The molecule has 2 N–H and O–H groups in total. The third-order valence-corrected chi connectivity index (χ3v) is 5.01. The lowest BCUT2D eigenvalue weighted by Crippen LogP contribution is -2.44. The van der Waals surface area contributed by atoms with Crippen molar-refractivity contribution in [1.82, 2.24) is 15.5 Å². The van der Waals surface area contributed by atoms with Crippen molar-refractivity contribution in [2.45, 2.75) is 31.3 Å². The van der Waals surface area contributed by atoms with E-state index in [1.54, 1.807) is 4.90 Å². The van der Waals surface area contributed by atoms with Gasteiger partial charge in [-0.05, 0) is 25.3 Å². The van der Waals surface area contributed by atoms with Crippen molar-refractivity contribution in [2.75, 3.05) is 19.6 Å². The number of hydrogen-bond donors (Lipinski definition) is 2. The molecule has 10 heteroatoms. The monoisotopic (exact) mass is 402 g/mol. The first kappa shape index (κ1) is 20.4. The highest BCUT2D eigenvalue weighted by Crippen LogP contribution is 2.26. The molecule has 26 heavy (non-hydrogen) atoms. The van der Waals surface area contributed by atoms with Crippen molar-refractivity contribution in [3.05, 3.63) is 38.9 Å². The zero-order chi connectivity index (χ0) is 18.0. The van der Waals surface area contributed by atoms with E-state index in [1.165, 1.54) is 18.2 Å². The van der Waals surface area contributed by atoms with Crippen molar-refractivity contribution in [3.8, 4) is 0 Å². The number of halogens is 2. The van der Waals surface area contributed by atoms with Crippen LogP contribution in [-0.4, -0.2) is 53.4 Å². The Balaban J connectivity index is 0.00000243. The number of nitrogens with zero attached hydrogens (tertiary/aromatic N) is 2. The SMILES string of the molecule is Cl.O=C(NCC(=O)N1CCC2CCC(C1)N2)c1c(Cl)cccc1[N+](=O)[O-]. The molecule has 142 valence electrons. The van der Waals surface area contributed by atoms with Crippen LogP contribution >= 0.6 is 24.0 Å². The molecule has 2 fully saturated rings. The number of carbonyl (C=O) groups excluding carboxylic acids is 2. The lowest BCUT2D eigenvalue weighted by molar-refractivity contribution is -0.385. The van der Waals surface area contributed by atoms with Crippen molar-refractivity contribution in [2.24, 2.45) is 0 Å². The molecule has 2 heterocycles. The van der Waals surface area contributed by atoms with Crippen LogP contribution in [0, 0.1) is 10.1 Å². The van der Waals surface area contributed by atoms with Gasteiger partial charge >= 0.3 is 0 Å². The molecule has 2 aliphatic rings. The summed E-state index contributed by atoms with van der Waals surface area (Å²) in [4.78, 5) is 36.8. The zero-order valence-electron chi connectivity index (χ0n) is 13.9. The first-order valence-corrected chi connectivity index (χ1v) is 8.58. The minimum absolute atomic E-state index is 0. The van der Waals surface area contributed by atoms with Gasteiger partial charge in [-0.15, -0.1) is 12.4 Å². The minimum Gasteiger partial charge on any atom is -0.343 e. The molecule has 2 saturated heterocycles. The second-order valence-corrected chi connectivity index (χ2v) is 6.75. The number of nitro benzene ring substituents is 1. The molecule has 0 aromatic heterocycles. The normalized spacial score (nSPS) is 21.5. The van der Waals surface area contributed by atoms with Crippen molar-refractivity contribution in [3.63, 3.8) is 0 Å². The number of carbonyl (C=O) groups is 2. The van der Waals surface area contributed by atoms with E-state index in [-0.39, 0.29) is 41.1 Å². The lowest BCUT2D eigenvalue weighted by atomic mass is 10.1. The van der Waals surface area contributed by atoms with E-state index in [2.05, 4.69) is 10.6 Å². The molecule has 1 aromatic carbocycles.